The number of nitrogen functional groups attached to an aromatic ring is 1. The van der Waals surface area contributed by atoms with Gasteiger partial charge < -0.3 is 29.4 Å². The molecule has 1 aliphatic heterocycles. The summed E-state index contributed by atoms with van der Waals surface area (Å²) in [5, 5.41) is 11.4. The van der Waals surface area contributed by atoms with E-state index in [2.05, 4.69) is 21.8 Å². The number of aromatic amines is 1. The Labute approximate surface area is 245 Å². The monoisotopic (exact) mass is 624 g/mol. The number of anilines is 1. The maximum absolute atomic E-state index is 14.0. The quantitative estimate of drug-likeness (QED) is 0.132. The van der Waals surface area contributed by atoms with Crippen LogP contribution in [0.1, 0.15) is 27.0 Å². The lowest BCUT2D eigenvalue weighted by atomic mass is 9.99. The number of benzene rings is 1. The number of nitrogens with zero attached hydrogens (tertiary/aromatic N) is 2. The number of halogens is 2. The molecule has 1 aromatic carbocycles. The zero-order valence-corrected chi connectivity index (χ0v) is 24.7. The molecule has 226 valence electrons. The van der Waals surface area contributed by atoms with Gasteiger partial charge in [-0.1, -0.05) is 48.6 Å². The van der Waals surface area contributed by atoms with Crippen molar-refractivity contribution in [3.63, 3.8) is 0 Å². The molecule has 0 radical (unpaired) electrons. The number of hydrogen-bond acceptors (Lipinski definition) is 10. The van der Waals surface area contributed by atoms with Gasteiger partial charge in [-0.05, 0) is 32.0 Å². The third-order valence-corrected chi connectivity index (χ3v) is 8.85. The molecule has 2 aromatic heterocycles. The summed E-state index contributed by atoms with van der Waals surface area (Å²) in [6.07, 6.45) is -3.46. The summed E-state index contributed by atoms with van der Waals surface area (Å²) in [6, 6.07) is 9.66. The minimum Gasteiger partial charge on any atom is -0.463 e. The summed E-state index contributed by atoms with van der Waals surface area (Å²) in [5.74, 6) is 3.31. The first-order valence-electron chi connectivity index (χ1n) is 13.0. The highest BCUT2D eigenvalue weighted by Crippen LogP contribution is 2.52. The van der Waals surface area contributed by atoms with E-state index < -0.39 is 61.6 Å². The molecular weight excluding hydrogens is 594 g/mol. The van der Waals surface area contributed by atoms with Crippen LogP contribution in [0.5, 0.6) is 5.75 Å². The summed E-state index contributed by atoms with van der Waals surface area (Å²) in [7, 11) is -4.08. The number of aliphatic hydroxyl groups excluding tert-OH is 1. The average molecular weight is 625 g/mol. The van der Waals surface area contributed by atoms with Gasteiger partial charge in [-0.25, -0.2) is 8.96 Å². The molecule has 12 nitrogen and oxygen atoms in total. The zero-order valence-electron chi connectivity index (χ0n) is 23.0. The van der Waals surface area contributed by atoms with Crippen molar-refractivity contribution in [1.82, 2.24) is 14.5 Å². The Bertz CT molecular complexity index is 1590. The van der Waals surface area contributed by atoms with Gasteiger partial charge in [0, 0.05) is 6.20 Å². The number of esters is 1. The van der Waals surface area contributed by atoms with E-state index >= 15 is 0 Å². The largest absolute Gasteiger partial charge is 0.463 e. The molecule has 0 aliphatic carbocycles. The van der Waals surface area contributed by atoms with E-state index in [1.165, 1.54) is 23.8 Å². The molecule has 1 unspecified atom stereocenters. The smallest absolute Gasteiger partial charge is 0.380 e. The lowest BCUT2D eigenvalue weighted by Crippen LogP contribution is -2.41. The fourth-order valence-electron chi connectivity index (χ4n) is 4.41. The summed E-state index contributed by atoms with van der Waals surface area (Å²) in [5.41, 5.74) is 5.28. The molecular formula is C27H31ClFN4O8P. The number of aliphatic hydroxyl groups is 1. The predicted octanol–water partition coefficient (Wildman–Crippen LogP) is 3.39. The fraction of sp³-hybridized carbons (Fsp3) is 0.444. The van der Waals surface area contributed by atoms with Crippen LogP contribution in [-0.2, 0) is 23.4 Å². The van der Waals surface area contributed by atoms with Gasteiger partial charge in [0.2, 0.25) is 5.95 Å². The minimum absolute atomic E-state index is 0.0812. The molecule has 15 heteroatoms. The first-order chi connectivity index (χ1) is 19.9. The number of ether oxygens (including phenoxy) is 2. The summed E-state index contributed by atoms with van der Waals surface area (Å²) in [4.78, 5) is 29.4. The number of nitrogens with one attached hydrogen (secondary N) is 1. The van der Waals surface area contributed by atoms with Gasteiger partial charge in [0.1, 0.15) is 24.6 Å². The van der Waals surface area contributed by atoms with Crippen molar-refractivity contribution in [2.45, 2.75) is 50.2 Å². The van der Waals surface area contributed by atoms with E-state index in [4.69, 9.17) is 35.9 Å². The van der Waals surface area contributed by atoms with Gasteiger partial charge in [-0.2, -0.15) is 4.98 Å². The number of H-pyrrole nitrogens is 1. The lowest BCUT2D eigenvalue weighted by Gasteiger charge is -2.26. The highest BCUT2D eigenvalue weighted by atomic mass is 35.5. The number of fused-ring (bicyclic) bond motifs is 1. The van der Waals surface area contributed by atoms with Gasteiger partial charge in [0.25, 0.3) is 5.56 Å². The lowest BCUT2D eigenvalue weighted by molar-refractivity contribution is -0.151. The molecule has 0 bridgehead atoms. The molecule has 1 fully saturated rings. The minimum atomic E-state index is -4.08. The highest BCUT2D eigenvalue weighted by Gasteiger charge is 2.56. The van der Waals surface area contributed by atoms with Gasteiger partial charge >= 0.3 is 13.6 Å². The van der Waals surface area contributed by atoms with Crippen LogP contribution < -0.4 is 15.8 Å². The average Bonchev–Trinajstić information content (AvgIpc) is 3.45. The molecule has 0 saturated carbocycles. The van der Waals surface area contributed by atoms with Gasteiger partial charge in [0.15, 0.2) is 16.7 Å². The van der Waals surface area contributed by atoms with Crippen molar-refractivity contribution in [1.29, 1.82) is 0 Å². The van der Waals surface area contributed by atoms with E-state index in [0.29, 0.717) is 0 Å². The number of nitrogens with two attached hydrogens (primary N) is 1. The number of carbonyl (C=O) groups excluding carboxylic acids is 1. The maximum atomic E-state index is 14.0. The Kier molecular flexibility index (Phi) is 9.65. The van der Waals surface area contributed by atoms with E-state index in [1.54, 1.807) is 44.2 Å². The van der Waals surface area contributed by atoms with Crippen LogP contribution in [0.25, 0.3) is 11.0 Å². The molecule has 0 amide bonds. The summed E-state index contributed by atoms with van der Waals surface area (Å²) >= 11 is 6.79. The van der Waals surface area contributed by atoms with Gasteiger partial charge in [-0.15, -0.1) is 0 Å². The first kappa shape index (κ1) is 31.5. The van der Waals surface area contributed by atoms with Crippen LogP contribution in [0, 0.1) is 17.8 Å². The number of para-hydroxylation sites is 1. The molecule has 42 heavy (non-hydrogen) atoms. The summed E-state index contributed by atoms with van der Waals surface area (Å²) in [6.45, 7) is 3.33. The second-order valence-electron chi connectivity index (χ2n) is 9.97. The number of hydrogen-bond donors (Lipinski definition) is 3. The van der Waals surface area contributed by atoms with E-state index in [-0.39, 0.29) is 35.0 Å². The SMILES string of the molecule is CC(C)OC(=O)[C@H](C)C[P@](=O)(OC[C@H]1O[C@@H](n2ccc3c(=O)[nH]c(N)nc32)C(Cl)(C#CCF)[C@H]1O)Oc1ccccc1. The second kappa shape index (κ2) is 12.9. The molecule has 6 atom stereocenters. The number of alkyl halides is 2. The Morgan fingerprint density at radius 1 is 1.33 bits per heavy atom. The van der Waals surface area contributed by atoms with Crippen molar-refractivity contribution >= 4 is 42.1 Å². The first-order valence-corrected chi connectivity index (χ1v) is 15.1. The van der Waals surface area contributed by atoms with Crippen molar-refractivity contribution in [3.8, 4) is 17.6 Å². The predicted molar refractivity (Wildman–Crippen MR) is 153 cm³/mol. The molecule has 1 aliphatic rings. The van der Waals surface area contributed by atoms with Crippen LogP contribution in [0.4, 0.5) is 10.3 Å². The van der Waals surface area contributed by atoms with Gasteiger partial charge in [-0.3, -0.25) is 19.1 Å². The maximum Gasteiger partial charge on any atom is 0.380 e. The standard InChI is InChI=1S/C27H31ClFN4O8P/c1-16(2)39-24(36)17(3)15-42(37,41-18-8-5-4-6-9-18)38-14-20-21(34)27(28,11-7-12-29)25(40-20)33-13-10-19-22(33)31-26(30)32-23(19)35/h4-6,8-10,13,16-17,20-21,25,34H,12,14-15H2,1-3H3,(H3,30,31,32,35)/t17-,20-,21+,25-,27?,42+/m1/s1. The third kappa shape index (κ3) is 6.80. The molecule has 1 saturated heterocycles. The van der Waals surface area contributed by atoms with Crippen molar-refractivity contribution in [2.24, 2.45) is 5.92 Å². The Morgan fingerprint density at radius 2 is 2.05 bits per heavy atom. The van der Waals surface area contributed by atoms with Crippen LogP contribution >= 0.6 is 19.2 Å². The number of rotatable bonds is 10. The van der Waals surface area contributed by atoms with E-state index in [0.717, 1.165) is 0 Å². The molecule has 3 heterocycles. The van der Waals surface area contributed by atoms with Crippen molar-refractivity contribution in [2.75, 3.05) is 25.2 Å². The van der Waals surface area contributed by atoms with E-state index in [9.17, 15) is 23.7 Å². The van der Waals surface area contributed by atoms with Crippen LogP contribution in [0.15, 0.2) is 47.4 Å². The Balaban J connectivity index is 1.63. The highest BCUT2D eigenvalue weighted by molar-refractivity contribution is 7.54. The van der Waals surface area contributed by atoms with Gasteiger partial charge in [0.05, 0.1) is 30.2 Å². The second-order valence-corrected chi connectivity index (χ2v) is 12.6. The van der Waals surface area contributed by atoms with Crippen LogP contribution in [0.2, 0.25) is 0 Å². The molecule has 0 spiro atoms. The topological polar surface area (TPSA) is 168 Å². The van der Waals surface area contributed by atoms with Crippen LogP contribution in [-0.4, -0.2) is 68.2 Å². The number of carbonyl (C=O) groups is 1. The normalized spacial score (nSPS) is 24.1. The number of aromatic nitrogens is 3. The summed E-state index contributed by atoms with van der Waals surface area (Å²) < 4.78 is 51.2. The molecule has 3 aromatic rings. The zero-order chi connectivity index (χ0) is 30.7. The fourth-order valence-corrected chi connectivity index (χ4v) is 6.64. The third-order valence-electron chi connectivity index (χ3n) is 6.32. The molecule has 4 rings (SSSR count). The Hall–Kier alpha value is -3.40. The molecule has 4 N–H and O–H groups in total. The Morgan fingerprint density at radius 3 is 2.71 bits per heavy atom. The van der Waals surface area contributed by atoms with Crippen molar-refractivity contribution in [3.05, 3.63) is 52.9 Å². The van der Waals surface area contributed by atoms with Crippen molar-refractivity contribution < 1.29 is 37.4 Å². The van der Waals surface area contributed by atoms with E-state index in [1.807, 2.05) is 0 Å². The van der Waals surface area contributed by atoms with Crippen LogP contribution in [0.3, 0.4) is 0 Å².